The Morgan fingerprint density at radius 3 is 2.65 bits per heavy atom. The van der Waals surface area contributed by atoms with E-state index in [1.165, 1.54) is 11.3 Å². The van der Waals surface area contributed by atoms with Crippen molar-refractivity contribution < 1.29 is 5.11 Å². The Morgan fingerprint density at radius 2 is 1.97 bits per heavy atom. The van der Waals surface area contributed by atoms with Crippen molar-refractivity contribution in [1.29, 1.82) is 0 Å². The van der Waals surface area contributed by atoms with E-state index in [4.69, 9.17) is 9.97 Å². The summed E-state index contributed by atoms with van der Waals surface area (Å²) in [6, 6.07) is 6.12. The van der Waals surface area contributed by atoms with Gasteiger partial charge in [0.1, 0.15) is 10.8 Å². The second kappa shape index (κ2) is 8.38. The molecule has 7 nitrogen and oxygen atoms in total. The molecule has 0 amide bonds. The van der Waals surface area contributed by atoms with E-state index in [0.29, 0.717) is 6.04 Å². The van der Waals surface area contributed by atoms with E-state index in [9.17, 15) is 5.11 Å². The van der Waals surface area contributed by atoms with Crippen LogP contribution in [-0.4, -0.2) is 49.9 Å². The minimum Gasteiger partial charge on any atom is -0.507 e. The van der Waals surface area contributed by atoms with Gasteiger partial charge in [-0.2, -0.15) is 5.10 Å². The zero-order valence-electron chi connectivity index (χ0n) is 17.5. The fourth-order valence-electron chi connectivity index (χ4n) is 3.85. The molecular formula is C21H25ClN6OS2. The number of aromatic nitrogens is 4. The number of phenolic OH excluding ortho intramolecular Hbond substituents is 1. The smallest absolute Gasteiger partial charge is 0.188 e. The van der Waals surface area contributed by atoms with Crippen LogP contribution in [0, 0.1) is 0 Å². The summed E-state index contributed by atoms with van der Waals surface area (Å²) in [5.74, 6) is 0.214. The SMILES string of the molecule is CC(C)(C)NC1CCN(c2nc3sc(-c4ccc(-c5cn[nH]c5)cc4O)nc3s2)C1.Cl. The van der Waals surface area contributed by atoms with E-state index in [2.05, 4.69) is 41.2 Å². The summed E-state index contributed by atoms with van der Waals surface area (Å²) in [5.41, 5.74) is 2.70. The molecule has 1 saturated heterocycles. The van der Waals surface area contributed by atoms with Crippen molar-refractivity contribution in [2.45, 2.75) is 38.8 Å². The normalized spacial score (nSPS) is 16.7. The lowest BCUT2D eigenvalue weighted by Gasteiger charge is -2.25. The van der Waals surface area contributed by atoms with Crippen LogP contribution in [0.2, 0.25) is 0 Å². The van der Waals surface area contributed by atoms with Gasteiger partial charge < -0.3 is 15.3 Å². The predicted molar refractivity (Wildman–Crippen MR) is 131 cm³/mol. The van der Waals surface area contributed by atoms with Crippen molar-refractivity contribution in [3.8, 4) is 27.4 Å². The lowest BCUT2D eigenvalue weighted by atomic mass is 10.1. The van der Waals surface area contributed by atoms with Crippen LogP contribution in [0.15, 0.2) is 30.6 Å². The molecule has 31 heavy (non-hydrogen) atoms. The first kappa shape index (κ1) is 22.0. The van der Waals surface area contributed by atoms with E-state index >= 15 is 0 Å². The Hall–Kier alpha value is -2.20. The number of nitrogens with one attached hydrogen (secondary N) is 2. The lowest BCUT2D eigenvalue weighted by molar-refractivity contribution is 0.373. The van der Waals surface area contributed by atoms with Gasteiger partial charge in [0, 0.05) is 36.4 Å². The van der Waals surface area contributed by atoms with Gasteiger partial charge in [-0.05, 0) is 44.9 Å². The Morgan fingerprint density at radius 1 is 1.16 bits per heavy atom. The zero-order valence-corrected chi connectivity index (χ0v) is 20.0. The maximum absolute atomic E-state index is 10.6. The number of H-pyrrole nitrogens is 1. The molecule has 0 radical (unpaired) electrons. The largest absolute Gasteiger partial charge is 0.507 e. The summed E-state index contributed by atoms with van der Waals surface area (Å²) in [5, 5.41) is 22.8. The van der Waals surface area contributed by atoms with Crippen LogP contribution in [0.1, 0.15) is 27.2 Å². The van der Waals surface area contributed by atoms with Gasteiger partial charge in [0.15, 0.2) is 14.8 Å². The number of halogens is 1. The van der Waals surface area contributed by atoms with Crippen LogP contribution in [0.4, 0.5) is 5.13 Å². The van der Waals surface area contributed by atoms with Gasteiger partial charge in [-0.3, -0.25) is 5.10 Å². The highest BCUT2D eigenvalue weighted by atomic mass is 35.5. The number of benzene rings is 1. The van der Waals surface area contributed by atoms with Gasteiger partial charge in [0.2, 0.25) is 0 Å². The Bertz CT molecular complexity index is 1150. The summed E-state index contributed by atoms with van der Waals surface area (Å²) < 4.78 is 0. The van der Waals surface area contributed by atoms with Crippen molar-refractivity contribution in [1.82, 2.24) is 25.5 Å². The molecule has 0 aliphatic carbocycles. The summed E-state index contributed by atoms with van der Waals surface area (Å²) in [4.78, 5) is 13.8. The van der Waals surface area contributed by atoms with Crippen molar-refractivity contribution >= 4 is 49.9 Å². The highest BCUT2D eigenvalue weighted by Crippen LogP contribution is 2.40. The van der Waals surface area contributed by atoms with Crippen LogP contribution in [0.5, 0.6) is 5.75 Å². The summed E-state index contributed by atoms with van der Waals surface area (Å²) in [6.45, 7) is 8.60. The van der Waals surface area contributed by atoms with E-state index < -0.39 is 0 Å². The summed E-state index contributed by atoms with van der Waals surface area (Å²) in [6.07, 6.45) is 4.67. The van der Waals surface area contributed by atoms with Gasteiger partial charge in [0.25, 0.3) is 0 Å². The molecule has 1 unspecified atom stereocenters. The quantitative estimate of drug-likeness (QED) is 0.388. The standard InChI is InChI=1S/C21H24N6OS2.ClH/c1-21(2,3)26-14-6-7-27(11-14)20-25-19-18(30-20)24-17(29-19)15-5-4-12(8-16(15)28)13-9-22-23-10-13;/h4-5,8-10,14,26,28H,6-7,11H2,1-3H3,(H,22,23);1H. The van der Waals surface area contributed by atoms with E-state index in [1.54, 1.807) is 29.8 Å². The summed E-state index contributed by atoms with van der Waals surface area (Å²) >= 11 is 3.16. The second-order valence-electron chi connectivity index (χ2n) is 8.67. The topological polar surface area (TPSA) is 90.0 Å². The number of anilines is 1. The third kappa shape index (κ3) is 4.55. The first-order valence-electron chi connectivity index (χ1n) is 9.98. The minimum absolute atomic E-state index is 0. The van der Waals surface area contributed by atoms with E-state index in [-0.39, 0.29) is 23.7 Å². The Labute approximate surface area is 195 Å². The number of aromatic amines is 1. The summed E-state index contributed by atoms with van der Waals surface area (Å²) in [7, 11) is 0. The van der Waals surface area contributed by atoms with E-state index in [1.807, 2.05) is 12.1 Å². The zero-order chi connectivity index (χ0) is 20.9. The molecule has 4 heterocycles. The molecule has 3 N–H and O–H groups in total. The van der Waals surface area contributed by atoms with Gasteiger partial charge >= 0.3 is 0 Å². The number of hydrogen-bond donors (Lipinski definition) is 3. The number of nitrogens with zero attached hydrogens (tertiary/aromatic N) is 4. The van der Waals surface area contributed by atoms with Crippen LogP contribution in [0.3, 0.4) is 0 Å². The number of phenols is 1. The molecule has 3 aromatic heterocycles. The van der Waals surface area contributed by atoms with Crippen LogP contribution in [0.25, 0.3) is 31.4 Å². The average molecular weight is 477 g/mol. The number of aromatic hydroxyl groups is 1. The highest BCUT2D eigenvalue weighted by molar-refractivity contribution is 7.29. The monoisotopic (exact) mass is 476 g/mol. The minimum atomic E-state index is 0. The first-order valence-corrected chi connectivity index (χ1v) is 11.6. The molecule has 1 fully saturated rings. The molecule has 4 aromatic rings. The third-order valence-electron chi connectivity index (χ3n) is 5.12. The van der Waals surface area contributed by atoms with E-state index in [0.717, 1.165) is 56.0 Å². The number of rotatable bonds is 4. The van der Waals surface area contributed by atoms with Crippen molar-refractivity contribution in [3.05, 3.63) is 30.6 Å². The van der Waals surface area contributed by atoms with Gasteiger partial charge in [0.05, 0.1) is 11.8 Å². The van der Waals surface area contributed by atoms with Crippen LogP contribution in [-0.2, 0) is 0 Å². The van der Waals surface area contributed by atoms with Crippen molar-refractivity contribution in [3.63, 3.8) is 0 Å². The molecular weight excluding hydrogens is 452 g/mol. The van der Waals surface area contributed by atoms with Crippen LogP contribution < -0.4 is 10.2 Å². The second-order valence-corrected chi connectivity index (χ2v) is 10.6. The fraction of sp³-hybridized carbons (Fsp3) is 0.381. The predicted octanol–water partition coefficient (Wildman–Crippen LogP) is 4.90. The molecule has 0 saturated carbocycles. The maximum Gasteiger partial charge on any atom is 0.188 e. The molecule has 0 spiro atoms. The van der Waals surface area contributed by atoms with Gasteiger partial charge in [-0.15, -0.1) is 12.4 Å². The van der Waals surface area contributed by atoms with Gasteiger partial charge in [-0.1, -0.05) is 28.7 Å². The molecule has 1 aromatic carbocycles. The number of hydrogen-bond acceptors (Lipinski definition) is 8. The molecule has 164 valence electrons. The Balaban J connectivity index is 0.00000231. The average Bonchev–Trinajstić information content (AvgIpc) is 3.43. The van der Waals surface area contributed by atoms with Crippen molar-refractivity contribution in [2.24, 2.45) is 0 Å². The lowest BCUT2D eigenvalue weighted by Crippen LogP contribution is -2.44. The van der Waals surface area contributed by atoms with Gasteiger partial charge in [-0.25, -0.2) is 9.97 Å². The first-order chi connectivity index (χ1) is 14.4. The fourth-order valence-corrected chi connectivity index (χ4v) is 5.95. The number of fused-ring (bicyclic) bond motifs is 1. The Kier molecular flexibility index (Phi) is 5.95. The molecule has 1 atom stereocenters. The van der Waals surface area contributed by atoms with Crippen molar-refractivity contribution in [2.75, 3.05) is 18.0 Å². The molecule has 5 rings (SSSR count). The molecule has 0 bridgehead atoms. The highest BCUT2D eigenvalue weighted by Gasteiger charge is 2.28. The molecule has 1 aliphatic rings. The number of thiazole rings is 2. The molecule has 1 aliphatic heterocycles. The third-order valence-corrected chi connectivity index (χ3v) is 7.24. The maximum atomic E-state index is 10.6. The molecule has 10 heteroatoms. The van der Waals surface area contributed by atoms with Crippen LogP contribution >= 0.6 is 35.1 Å².